The van der Waals surface area contributed by atoms with Gasteiger partial charge in [0.25, 0.3) is 0 Å². The Morgan fingerprint density at radius 1 is 1.22 bits per heavy atom. The van der Waals surface area contributed by atoms with E-state index in [1.807, 2.05) is 32.0 Å². The number of rotatable bonds is 4. The number of amides is 1. The van der Waals surface area contributed by atoms with Gasteiger partial charge in [-0.1, -0.05) is 30.3 Å². The molecule has 1 aliphatic rings. The van der Waals surface area contributed by atoms with E-state index in [-0.39, 0.29) is 11.9 Å². The Morgan fingerprint density at radius 3 is 2.78 bits per heavy atom. The van der Waals surface area contributed by atoms with Crippen molar-refractivity contribution in [3.63, 3.8) is 0 Å². The highest BCUT2D eigenvalue weighted by Crippen LogP contribution is 2.22. The van der Waals surface area contributed by atoms with Crippen LogP contribution in [0.15, 0.2) is 30.3 Å². The van der Waals surface area contributed by atoms with Gasteiger partial charge in [0.15, 0.2) is 5.82 Å². The average molecular weight is 364 g/mol. The Hall–Kier alpha value is -2.96. The molecule has 3 aromatic rings. The molecule has 2 N–H and O–H groups in total. The van der Waals surface area contributed by atoms with Gasteiger partial charge in [0.1, 0.15) is 5.82 Å². The summed E-state index contributed by atoms with van der Waals surface area (Å²) in [5.74, 6) is 1.95. The Labute approximate surface area is 158 Å². The van der Waals surface area contributed by atoms with Gasteiger partial charge in [-0.3, -0.25) is 9.89 Å². The van der Waals surface area contributed by atoms with E-state index < -0.39 is 0 Å². The van der Waals surface area contributed by atoms with Crippen molar-refractivity contribution < 1.29 is 4.79 Å². The smallest absolute Gasteiger partial charge is 0.224 e. The van der Waals surface area contributed by atoms with Gasteiger partial charge in [-0.15, -0.1) is 10.2 Å². The van der Waals surface area contributed by atoms with Gasteiger partial charge in [-0.05, 0) is 26.7 Å². The number of hydrogen-bond donors (Lipinski definition) is 2. The fourth-order valence-corrected chi connectivity index (χ4v) is 3.71. The molecule has 4 rings (SSSR count). The van der Waals surface area contributed by atoms with Gasteiger partial charge in [0.05, 0.1) is 12.1 Å². The fraction of sp³-hybridized carbons (Fsp3) is 0.400. The molecule has 0 saturated heterocycles. The number of benzene rings is 1. The van der Waals surface area contributed by atoms with Gasteiger partial charge < -0.3 is 9.88 Å². The lowest BCUT2D eigenvalue weighted by Crippen LogP contribution is -2.36. The van der Waals surface area contributed by atoms with Gasteiger partial charge in [-0.25, -0.2) is 0 Å². The van der Waals surface area contributed by atoms with Crippen molar-refractivity contribution in [1.82, 2.24) is 30.3 Å². The van der Waals surface area contributed by atoms with E-state index in [1.165, 1.54) is 0 Å². The molecule has 7 heteroatoms. The average Bonchev–Trinajstić information content (AvgIpc) is 3.16. The maximum absolute atomic E-state index is 12.5. The van der Waals surface area contributed by atoms with Crippen molar-refractivity contribution >= 4 is 5.91 Å². The van der Waals surface area contributed by atoms with Gasteiger partial charge in [0, 0.05) is 35.8 Å². The third-order valence-electron chi connectivity index (χ3n) is 5.26. The maximum atomic E-state index is 12.5. The lowest BCUT2D eigenvalue weighted by molar-refractivity contribution is -0.121. The van der Waals surface area contributed by atoms with Crippen LogP contribution in [-0.4, -0.2) is 36.9 Å². The molecule has 0 radical (unpaired) electrons. The number of nitrogens with one attached hydrogen (secondary N) is 2. The number of aromatic nitrogens is 5. The summed E-state index contributed by atoms with van der Waals surface area (Å²) in [5, 5.41) is 19.1. The highest BCUT2D eigenvalue weighted by molar-refractivity contribution is 5.79. The van der Waals surface area contributed by atoms with Crippen LogP contribution in [0.1, 0.15) is 35.6 Å². The number of hydrogen-bond acceptors (Lipinski definition) is 4. The van der Waals surface area contributed by atoms with E-state index in [4.69, 9.17) is 0 Å². The molecule has 0 bridgehead atoms. The summed E-state index contributed by atoms with van der Waals surface area (Å²) in [6, 6.07) is 10.3. The van der Waals surface area contributed by atoms with Crippen molar-refractivity contribution in [1.29, 1.82) is 0 Å². The second kappa shape index (κ2) is 7.34. The molecule has 1 amide bonds. The minimum absolute atomic E-state index is 0.0496. The van der Waals surface area contributed by atoms with E-state index in [1.54, 1.807) is 0 Å². The molecule has 0 aliphatic carbocycles. The molecule has 0 fully saturated rings. The zero-order valence-corrected chi connectivity index (χ0v) is 15.7. The van der Waals surface area contributed by atoms with E-state index >= 15 is 0 Å². The van der Waals surface area contributed by atoms with Crippen molar-refractivity contribution in [3.05, 3.63) is 53.1 Å². The van der Waals surface area contributed by atoms with Crippen molar-refractivity contribution in [2.45, 2.75) is 52.1 Å². The topological polar surface area (TPSA) is 88.5 Å². The SMILES string of the molecule is Cc1n[nH]c(C)c1CC(=O)NC1CCc2nnc(-c3ccccc3)n2CC1. The number of carbonyl (C=O) groups excluding carboxylic acids is 1. The summed E-state index contributed by atoms with van der Waals surface area (Å²) in [5.41, 5.74) is 3.92. The number of aromatic amines is 1. The minimum Gasteiger partial charge on any atom is -0.353 e. The van der Waals surface area contributed by atoms with Crippen LogP contribution in [0.5, 0.6) is 0 Å². The van der Waals surface area contributed by atoms with Gasteiger partial charge >= 0.3 is 0 Å². The quantitative estimate of drug-likeness (QED) is 0.744. The number of carbonyl (C=O) groups is 1. The van der Waals surface area contributed by atoms with Crippen LogP contribution < -0.4 is 5.32 Å². The van der Waals surface area contributed by atoms with Crippen molar-refractivity contribution in [2.24, 2.45) is 0 Å². The number of fused-ring (bicyclic) bond motifs is 1. The van der Waals surface area contributed by atoms with Gasteiger partial charge in [-0.2, -0.15) is 5.10 Å². The minimum atomic E-state index is 0.0496. The van der Waals surface area contributed by atoms with Crippen molar-refractivity contribution in [2.75, 3.05) is 0 Å². The molecule has 27 heavy (non-hydrogen) atoms. The molecular weight excluding hydrogens is 340 g/mol. The standard InChI is InChI=1S/C20H24N6O/c1-13-17(14(2)23-22-13)12-19(27)21-16-8-9-18-24-25-20(26(18)11-10-16)15-6-4-3-5-7-15/h3-7,16H,8-12H2,1-2H3,(H,21,27)(H,22,23). The maximum Gasteiger partial charge on any atom is 0.224 e. The first kappa shape index (κ1) is 17.5. The molecule has 140 valence electrons. The lowest BCUT2D eigenvalue weighted by Gasteiger charge is -2.16. The molecular formula is C20H24N6O. The first-order chi connectivity index (χ1) is 13.1. The highest BCUT2D eigenvalue weighted by atomic mass is 16.1. The van der Waals surface area contributed by atoms with Crippen LogP contribution in [0, 0.1) is 13.8 Å². The Morgan fingerprint density at radius 2 is 2.04 bits per heavy atom. The second-order valence-corrected chi connectivity index (χ2v) is 7.14. The third-order valence-corrected chi connectivity index (χ3v) is 5.26. The van der Waals surface area contributed by atoms with Gasteiger partial charge in [0.2, 0.25) is 5.91 Å². The van der Waals surface area contributed by atoms with E-state index in [2.05, 4.69) is 42.4 Å². The molecule has 1 aliphatic heterocycles. The molecule has 2 aromatic heterocycles. The molecule has 3 heterocycles. The number of nitrogens with zero attached hydrogens (tertiary/aromatic N) is 4. The summed E-state index contributed by atoms with van der Waals surface area (Å²) >= 11 is 0. The summed E-state index contributed by atoms with van der Waals surface area (Å²) in [6.45, 7) is 4.68. The molecule has 0 saturated carbocycles. The zero-order valence-electron chi connectivity index (χ0n) is 15.7. The summed E-state index contributed by atoms with van der Waals surface area (Å²) < 4.78 is 2.19. The van der Waals surface area contributed by atoms with E-state index in [9.17, 15) is 4.79 Å². The normalized spacial score (nSPS) is 16.6. The zero-order chi connectivity index (χ0) is 18.8. The summed E-state index contributed by atoms with van der Waals surface area (Å²) in [6.07, 6.45) is 2.93. The van der Waals surface area contributed by atoms with Crippen LogP contribution in [0.2, 0.25) is 0 Å². The molecule has 1 unspecified atom stereocenters. The first-order valence-electron chi connectivity index (χ1n) is 9.39. The fourth-order valence-electron chi connectivity index (χ4n) is 3.71. The predicted molar refractivity (Wildman–Crippen MR) is 102 cm³/mol. The van der Waals surface area contributed by atoms with E-state index in [0.717, 1.165) is 60.0 Å². The monoisotopic (exact) mass is 364 g/mol. The molecule has 1 atom stereocenters. The van der Waals surface area contributed by atoms with Crippen LogP contribution in [0.3, 0.4) is 0 Å². The third kappa shape index (κ3) is 3.63. The van der Waals surface area contributed by atoms with Crippen LogP contribution in [-0.2, 0) is 24.2 Å². The van der Waals surface area contributed by atoms with E-state index in [0.29, 0.717) is 6.42 Å². The largest absolute Gasteiger partial charge is 0.353 e. The van der Waals surface area contributed by atoms with Crippen LogP contribution >= 0.6 is 0 Å². The van der Waals surface area contributed by atoms with Crippen LogP contribution in [0.25, 0.3) is 11.4 Å². The summed E-state index contributed by atoms with van der Waals surface area (Å²) in [4.78, 5) is 12.5. The Bertz CT molecular complexity index is 923. The van der Waals surface area contributed by atoms with Crippen LogP contribution in [0.4, 0.5) is 0 Å². The lowest BCUT2D eigenvalue weighted by atomic mass is 10.1. The number of aryl methyl sites for hydroxylation is 3. The predicted octanol–water partition coefficient (Wildman–Crippen LogP) is 2.35. The second-order valence-electron chi connectivity index (χ2n) is 7.14. The molecule has 1 aromatic carbocycles. The Balaban J connectivity index is 1.42. The first-order valence-corrected chi connectivity index (χ1v) is 9.39. The highest BCUT2D eigenvalue weighted by Gasteiger charge is 2.22. The summed E-state index contributed by atoms with van der Waals surface area (Å²) in [7, 11) is 0. The number of H-pyrrole nitrogens is 1. The molecule has 0 spiro atoms. The Kier molecular flexibility index (Phi) is 4.75. The van der Waals surface area contributed by atoms with Crippen molar-refractivity contribution in [3.8, 4) is 11.4 Å². The molecule has 7 nitrogen and oxygen atoms in total.